The number of benzene rings is 1. The summed E-state index contributed by atoms with van der Waals surface area (Å²) < 4.78 is 7.08. The topological polar surface area (TPSA) is 107 Å². The minimum atomic E-state index is -0.538. The molecule has 0 saturated carbocycles. The number of carbonyl (C=O) groups is 1. The molecule has 1 aromatic carbocycles. The van der Waals surface area contributed by atoms with Crippen molar-refractivity contribution >= 4 is 17.5 Å². The van der Waals surface area contributed by atoms with Crippen molar-refractivity contribution in [3.8, 4) is 5.75 Å². The number of carbonyl (C=O) groups excluding carboxylic acids is 1. The number of rotatable bonds is 4. The molecule has 0 fully saturated rings. The second-order valence-corrected chi connectivity index (χ2v) is 5.95. The third-order valence-corrected chi connectivity index (χ3v) is 4.31. The van der Waals surface area contributed by atoms with E-state index < -0.39 is 6.04 Å². The second kappa shape index (κ2) is 6.87. The SMILES string of the molecule is COc1ccccc1C1C(C(=O)Nc2cccnc2)=C(C)Nc2nnnn21. The summed E-state index contributed by atoms with van der Waals surface area (Å²) in [7, 11) is 1.59. The Labute approximate surface area is 155 Å². The first-order chi connectivity index (χ1) is 13.2. The van der Waals surface area contributed by atoms with Crippen LogP contribution in [0.25, 0.3) is 0 Å². The highest BCUT2D eigenvalue weighted by atomic mass is 16.5. The minimum absolute atomic E-state index is 0.273. The lowest BCUT2D eigenvalue weighted by molar-refractivity contribution is -0.113. The van der Waals surface area contributed by atoms with Gasteiger partial charge in [-0.25, -0.2) is 0 Å². The molecule has 1 amide bonds. The van der Waals surface area contributed by atoms with Crippen LogP contribution in [0.15, 0.2) is 60.1 Å². The summed E-state index contributed by atoms with van der Waals surface area (Å²) in [5.41, 5.74) is 2.53. The fourth-order valence-electron chi connectivity index (χ4n) is 3.12. The van der Waals surface area contributed by atoms with Gasteiger partial charge in [-0.1, -0.05) is 23.3 Å². The van der Waals surface area contributed by atoms with Crippen LogP contribution in [0.5, 0.6) is 5.75 Å². The monoisotopic (exact) mass is 363 g/mol. The van der Waals surface area contributed by atoms with Crippen molar-refractivity contribution in [1.82, 2.24) is 25.2 Å². The highest BCUT2D eigenvalue weighted by Gasteiger charge is 2.35. The molecule has 9 heteroatoms. The summed E-state index contributed by atoms with van der Waals surface area (Å²) in [4.78, 5) is 17.2. The number of nitrogens with zero attached hydrogens (tertiary/aromatic N) is 5. The van der Waals surface area contributed by atoms with Gasteiger partial charge < -0.3 is 15.4 Å². The Morgan fingerprint density at radius 3 is 2.89 bits per heavy atom. The minimum Gasteiger partial charge on any atom is -0.496 e. The van der Waals surface area contributed by atoms with E-state index in [1.165, 1.54) is 0 Å². The number of nitrogens with one attached hydrogen (secondary N) is 2. The molecule has 3 aromatic rings. The molecule has 4 rings (SSSR count). The van der Waals surface area contributed by atoms with Gasteiger partial charge in [-0.05, 0) is 35.5 Å². The summed E-state index contributed by atoms with van der Waals surface area (Å²) >= 11 is 0. The van der Waals surface area contributed by atoms with Gasteiger partial charge in [0.05, 0.1) is 24.6 Å². The molecule has 2 N–H and O–H groups in total. The number of tetrazole rings is 1. The summed E-state index contributed by atoms with van der Waals surface area (Å²) in [5.74, 6) is 0.830. The van der Waals surface area contributed by atoms with Gasteiger partial charge in [0, 0.05) is 17.5 Å². The third kappa shape index (κ3) is 2.99. The predicted octanol–water partition coefficient (Wildman–Crippen LogP) is 2.00. The van der Waals surface area contributed by atoms with Crippen LogP contribution in [0, 0.1) is 0 Å². The standard InChI is InChI=1S/C18H17N7O2/c1-11-15(17(26)21-12-6-5-9-19-10-12)16(25-18(20-11)22-23-24-25)13-7-3-4-8-14(13)27-2/h3-10,16H,1-2H3,(H,21,26)(H,20,22,24). The highest BCUT2D eigenvalue weighted by molar-refractivity contribution is 6.06. The molecule has 1 unspecified atom stereocenters. The van der Waals surface area contributed by atoms with Crippen LogP contribution in [-0.4, -0.2) is 38.2 Å². The van der Waals surface area contributed by atoms with E-state index >= 15 is 0 Å². The number of pyridine rings is 1. The quantitative estimate of drug-likeness (QED) is 0.730. The first-order valence-electron chi connectivity index (χ1n) is 8.29. The third-order valence-electron chi connectivity index (χ3n) is 4.31. The van der Waals surface area contributed by atoms with Gasteiger partial charge in [0.2, 0.25) is 5.95 Å². The number of fused-ring (bicyclic) bond motifs is 1. The average Bonchev–Trinajstić information content (AvgIpc) is 3.15. The van der Waals surface area contributed by atoms with Gasteiger partial charge in [0.1, 0.15) is 11.8 Å². The van der Waals surface area contributed by atoms with E-state index in [1.807, 2.05) is 31.2 Å². The number of ether oxygens (including phenoxy) is 1. The second-order valence-electron chi connectivity index (χ2n) is 5.95. The predicted molar refractivity (Wildman–Crippen MR) is 98.1 cm³/mol. The van der Waals surface area contributed by atoms with Crippen molar-refractivity contribution in [3.63, 3.8) is 0 Å². The Morgan fingerprint density at radius 2 is 2.11 bits per heavy atom. The van der Waals surface area contributed by atoms with Crippen LogP contribution in [0.4, 0.5) is 11.6 Å². The van der Waals surface area contributed by atoms with Crippen molar-refractivity contribution in [3.05, 3.63) is 65.6 Å². The Bertz CT molecular complexity index is 1010. The van der Waals surface area contributed by atoms with Crippen molar-refractivity contribution < 1.29 is 9.53 Å². The molecule has 0 bridgehead atoms. The number of amides is 1. The molecule has 136 valence electrons. The molecule has 1 aliphatic heterocycles. The van der Waals surface area contributed by atoms with Crippen molar-refractivity contribution in [2.24, 2.45) is 0 Å². The summed E-state index contributed by atoms with van der Waals surface area (Å²) in [5, 5.41) is 17.8. The molecule has 0 saturated heterocycles. The van der Waals surface area contributed by atoms with Gasteiger partial charge in [0.25, 0.3) is 5.91 Å². The highest BCUT2D eigenvalue weighted by Crippen LogP contribution is 2.38. The van der Waals surface area contributed by atoms with Gasteiger partial charge in [-0.15, -0.1) is 0 Å². The van der Waals surface area contributed by atoms with Gasteiger partial charge in [0.15, 0.2) is 0 Å². The molecule has 9 nitrogen and oxygen atoms in total. The van der Waals surface area contributed by atoms with Crippen LogP contribution in [0.3, 0.4) is 0 Å². The largest absolute Gasteiger partial charge is 0.496 e. The van der Waals surface area contributed by atoms with E-state index in [1.54, 1.807) is 36.3 Å². The lowest BCUT2D eigenvalue weighted by Gasteiger charge is -2.28. The zero-order valence-corrected chi connectivity index (χ0v) is 14.7. The molecular formula is C18H17N7O2. The zero-order valence-electron chi connectivity index (χ0n) is 14.7. The van der Waals surface area contributed by atoms with Crippen molar-refractivity contribution in [2.75, 3.05) is 17.7 Å². The fraction of sp³-hybridized carbons (Fsp3) is 0.167. The molecule has 0 radical (unpaired) electrons. The summed E-state index contributed by atoms with van der Waals surface area (Å²) in [6.07, 6.45) is 3.23. The van der Waals surface area contributed by atoms with E-state index in [0.717, 1.165) is 5.56 Å². The van der Waals surface area contributed by atoms with E-state index in [2.05, 4.69) is 31.1 Å². The maximum absolute atomic E-state index is 13.1. The molecule has 1 atom stereocenters. The Morgan fingerprint density at radius 1 is 1.26 bits per heavy atom. The molecular weight excluding hydrogens is 346 g/mol. The van der Waals surface area contributed by atoms with Crippen molar-refractivity contribution in [2.45, 2.75) is 13.0 Å². The Balaban J connectivity index is 1.81. The number of aromatic nitrogens is 5. The lowest BCUT2D eigenvalue weighted by Crippen LogP contribution is -2.31. The maximum atomic E-state index is 13.1. The number of allylic oxidation sites excluding steroid dienone is 1. The fourth-order valence-corrected chi connectivity index (χ4v) is 3.12. The van der Waals surface area contributed by atoms with Crippen LogP contribution in [0.2, 0.25) is 0 Å². The number of methoxy groups -OCH3 is 1. The van der Waals surface area contributed by atoms with Crippen LogP contribution in [-0.2, 0) is 4.79 Å². The van der Waals surface area contributed by atoms with Crippen LogP contribution >= 0.6 is 0 Å². The molecule has 0 spiro atoms. The van der Waals surface area contributed by atoms with Crippen molar-refractivity contribution in [1.29, 1.82) is 0 Å². The van der Waals surface area contributed by atoms with Crippen LogP contribution < -0.4 is 15.4 Å². The molecule has 27 heavy (non-hydrogen) atoms. The van der Waals surface area contributed by atoms with E-state index in [0.29, 0.717) is 28.7 Å². The molecule has 2 aromatic heterocycles. The van der Waals surface area contributed by atoms with Crippen LogP contribution in [0.1, 0.15) is 18.5 Å². The van der Waals surface area contributed by atoms with E-state index in [9.17, 15) is 4.79 Å². The number of para-hydroxylation sites is 1. The first-order valence-corrected chi connectivity index (χ1v) is 8.29. The normalized spacial score (nSPS) is 15.7. The number of anilines is 2. The molecule has 3 heterocycles. The summed E-state index contributed by atoms with van der Waals surface area (Å²) in [6, 6.07) is 10.5. The number of hydrogen-bond acceptors (Lipinski definition) is 7. The Kier molecular flexibility index (Phi) is 4.25. The van der Waals surface area contributed by atoms with E-state index in [-0.39, 0.29) is 5.91 Å². The summed E-state index contributed by atoms with van der Waals surface area (Å²) in [6.45, 7) is 1.82. The maximum Gasteiger partial charge on any atom is 0.255 e. The smallest absolute Gasteiger partial charge is 0.255 e. The van der Waals surface area contributed by atoms with Gasteiger partial charge >= 0.3 is 0 Å². The first kappa shape index (κ1) is 16.7. The Hall–Kier alpha value is -3.75. The van der Waals surface area contributed by atoms with Gasteiger partial charge in [-0.2, -0.15) is 4.68 Å². The molecule has 1 aliphatic rings. The van der Waals surface area contributed by atoms with Gasteiger partial charge in [-0.3, -0.25) is 9.78 Å². The number of hydrogen-bond donors (Lipinski definition) is 2. The average molecular weight is 363 g/mol. The zero-order chi connectivity index (χ0) is 18.8. The molecule has 0 aliphatic carbocycles. The van der Waals surface area contributed by atoms with E-state index in [4.69, 9.17) is 4.74 Å². The lowest BCUT2D eigenvalue weighted by atomic mass is 9.94.